The molecule has 0 aromatic rings. The first kappa shape index (κ1) is 21.6. The Bertz CT molecular complexity index is 631. The largest absolute Gasteiger partial charge is 0.456 e. The van der Waals surface area contributed by atoms with Crippen molar-refractivity contribution in [3.8, 4) is 0 Å². The fraction of sp³-hybridized carbons (Fsp3) is 0.917. The fourth-order valence-corrected chi connectivity index (χ4v) is 6.35. The predicted molar refractivity (Wildman–Crippen MR) is 110 cm³/mol. The van der Waals surface area contributed by atoms with Crippen LogP contribution in [0.4, 0.5) is 0 Å². The lowest BCUT2D eigenvalue weighted by molar-refractivity contribution is -0.231. The molecule has 4 aliphatic carbocycles. The van der Waals surface area contributed by atoms with Crippen LogP contribution in [0.5, 0.6) is 0 Å². The summed E-state index contributed by atoms with van der Waals surface area (Å²) in [7, 11) is 0. The maximum atomic E-state index is 13.1. The van der Waals surface area contributed by atoms with Crippen LogP contribution in [0.3, 0.4) is 0 Å². The Balaban J connectivity index is 1.76. The first-order valence-electron chi connectivity index (χ1n) is 11.2. The summed E-state index contributed by atoms with van der Waals surface area (Å²) in [4.78, 5) is 25.7. The number of ether oxygens (including phenoxy) is 2. The first-order valence-corrected chi connectivity index (χ1v) is 11.2. The Hall–Kier alpha value is -1.06. The van der Waals surface area contributed by atoms with Gasteiger partial charge in [-0.15, -0.1) is 0 Å². The molecule has 4 fully saturated rings. The van der Waals surface area contributed by atoms with E-state index in [0.717, 1.165) is 30.6 Å². The van der Waals surface area contributed by atoms with Crippen LogP contribution in [0, 0.1) is 34.5 Å². The molecule has 0 radical (unpaired) electrons. The lowest BCUT2D eigenvalue weighted by atomic mass is 9.42. The molecule has 4 rings (SSSR count). The van der Waals surface area contributed by atoms with Crippen LogP contribution in [0.2, 0.25) is 0 Å². The second kappa shape index (κ2) is 6.74. The second-order valence-electron chi connectivity index (χ2n) is 11.6. The maximum Gasteiger partial charge on any atom is 0.350 e. The van der Waals surface area contributed by atoms with Gasteiger partial charge in [0, 0.05) is 5.41 Å². The minimum absolute atomic E-state index is 0.0419. The number of hydrogen-bond donors (Lipinski definition) is 0. The van der Waals surface area contributed by atoms with Crippen LogP contribution in [0.25, 0.3) is 0 Å². The molecule has 0 aromatic carbocycles. The van der Waals surface area contributed by atoms with Crippen molar-refractivity contribution in [2.75, 3.05) is 0 Å². The maximum absolute atomic E-state index is 13.1. The Labute approximate surface area is 171 Å². The van der Waals surface area contributed by atoms with E-state index in [0.29, 0.717) is 12.3 Å². The summed E-state index contributed by atoms with van der Waals surface area (Å²) < 4.78 is 11.8. The molecule has 4 nitrogen and oxygen atoms in total. The molecule has 0 aromatic heterocycles. The van der Waals surface area contributed by atoms with Gasteiger partial charge in [0.15, 0.2) is 0 Å². The summed E-state index contributed by atoms with van der Waals surface area (Å²) >= 11 is 0. The fourth-order valence-electron chi connectivity index (χ4n) is 6.35. The first-order chi connectivity index (χ1) is 12.7. The van der Waals surface area contributed by atoms with E-state index >= 15 is 0 Å². The van der Waals surface area contributed by atoms with Gasteiger partial charge in [0.1, 0.15) is 5.60 Å². The van der Waals surface area contributed by atoms with Gasteiger partial charge in [-0.1, -0.05) is 13.8 Å². The van der Waals surface area contributed by atoms with E-state index in [1.807, 2.05) is 20.8 Å². The monoisotopic (exact) mass is 392 g/mol. The molecule has 28 heavy (non-hydrogen) atoms. The molecular weight excluding hydrogens is 352 g/mol. The molecule has 0 aliphatic heterocycles. The van der Waals surface area contributed by atoms with Crippen molar-refractivity contribution >= 4 is 11.9 Å². The predicted octanol–water partition coefficient (Wildman–Crippen LogP) is 5.53. The summed E-state index contributed by atoms with van der Waals surface area (Å²) in [5, 5.41) is 0. The molecule has 3 unspecified atom stereocenters. The van der Waals surface area contributed by atoms with E-state index in [2.05, 4.69) is 20.8 Å². The highest BCUT2D eigenvalue weighted by Crippen LogP contribution is 2.66. The topological polar surface area (TPSA) is 52.6 Å². The van der Waals surface area contributed by atoms with Crippen LogP contribution in [0.1, 0.15) is 93.9 Å². The number of carbonyl (C=O) groups excluding carboxylic acids is 2. The van der Waals surface area contributed by atoms with Crippen LogP contribution in [-0.4, -0.2) is 23.1 Å². The van der Waals surface area contributed by atoms with Crippen LogP contribution in [-0.2, 0) is 19.1 Å². The van der Waals surface area contributed by atoms with Gasteiger partial charge in [-0.25, -0.2) is 4.79 Å². The molecule has 0 amide bonds. The number of esters is 2. The highest BCUT2D eigenvalue weighted by atomic mass is 16.6. The molecule has 0 N–H and O–H groups in total. The minimum atomic E-state index is -1.29. The van der Waals surface area contributed by atoms with E-state index in [9.17, 15) is 9.59 Å². The van der Waals surface area contributed by atoms with Gasteiger partial charge >= 0.3 is 11.9 Å². The third-order valence-electron chi connectivity index (χ3n) is 8.65. The van der Waals surface area contributed by atoms with E-state index < -0.39 is 22.6 Å². The van der Waals surface area contributed by atoms with Gasteiger partial charge < -0.3 is 9.47 Å². The lowest BCUT2D eigenvalue weighted by Gasteiger charge is -2.65. The summed E-state index contributed by atoms with van der Waals surface area (Å²) in [6, 6.07) is 0. The van der Waals surface area contributed by atoms with E-state index in [4.69, 9.17) is 9.47 Å². The average Bonchev–Trinajstić information content (AvgIpc) is 2.57. The highest BCUT2D eigenvalue weighted by molar-refractivity contribution is 5.84. The van der Waals surface area contributed by atoms with Gasteiger partial charge in [0.05, 0.1) is 5.41 Å². The quantitative estimate of drug-likeness (QED) is 0.558. The molecular formula is C24H40O4. The molecule has 3 atom stereocenters. The zero-order valence-electron chi connectivity index (χ0n) is 19.2. The van der Waals surface area contributed by atoms with Gasteiger partial charge in [-0.2, -0.15) is 0 Å². The summed E-state index contributed by atoms with van der Waals surface area (Å²) in [5.41, 5.74) is -2.42. The van der Waals surface area contributed by atoms with Crippen molar-refractivity contribution in [3.63, 3.8) is 0 Å². The zero-order valence-corrected chi connectivity index (χ0v) is 19.2. The number of rotatable bonds is 6. The van der Waals surface area contributed by atoms with E-state index in [1.165, 1.54) is 19.3 Å². The summed E-state index contributed by atoms with van der Waals surface area (Å²) in [5.74, 6) is 2.11. The van der Waals surface area contributed by atoms with Crippen molar-refractivity contribution in [2.45, 2.75) is 105 Å². The van der Waals surface area contributed by atoms with Crippen LogP contribution < -0.4 is 0 Å². The summed E-state index contributed by atoms with van der Waals surface area (Å²) in [6.07, 6.45) is 7.02. The number of hydrogen-bond acceptors (Lipinski definition) is 4. The normalized spacial score (nSPS) is 35.0. The van der Waals surface area contributed by atoms with Gasteiger partial charge in [0.25, 0.3) is 0 Å². The Morgan fingerprint density at radius 2 is 1.43 bits per heavy atom. The highest BCUT2D eigenvalue weighted by Gasteiger charge is 2.63. The van der Waals surface area contributed by atoms with Crippen molar-refractivity contribution in [1.29, 1.82) is 0 Å². The Morgan fingerprint density at radius 1 is 0.893 bits per heavy atom. The molecule has 4 bridgehead atoms. The SMILES string of the molecule is CCC(C)(C)C(=O)OC(C)(C)C(=O)OC(C)(C)C12CC3CC(CC(C3)C1C)C2. The number of carbonyl (C=O) groups is 2. The molecule has 0 heterocycles. The van der Waals surface area contributed by atoms with Crippen LogP contribution in [0.15, 0.2) is 0 Å². The lowest BCUT2D eigenvalue weighted by Crippen LogP contribution is -2.62. The third kappa shape index (κ3) is 3.39. The molecule has 4 saturated carbocycles. The third-order valence-corrected chi connectivity index (χ3v) is 8.65. The second-order valence-corrected chi connectivity index (χ2v) is 11.6. The van der Waals surface area contributed by atoms with Crippen LogP contribution >= 0.6 is 0 Å². The van der Waals surface area contributed by atoms with Crippen molar-refractivity contribution < 1.29 is 19.1 Å². The Morgan fingerprint density at radius 3 is 1.93 bits per heavy atom. The molecule has 0 saturated heterocycles. The minimum Gasteiger partial charge on any atom is -0.456 e. The molecule has 4 aliphatic rings. The molecule has 160 valence electrons. The van der Waals surface area contributed by atoms with E-state index in [1.54, 1.807) is 13.8 Å². The van der Waals surface area contributed by atoms with Gasteiger partial charge in [-0.3, -0.25) is 4.79 Å². The van der Waals surface area contributed by atoms with Crippen molar-refractivity contribution in [2.24, 2.45) is 34.5 Å². The smallest absolute Gasteiger partial charge is 0.350 e. The van der Waals surface area contributed by atoms with Gasteiger partial charge in [0.2, 0.25) is 5.60 Å². The standard InChI is InChI=1S/C24H40O4/c1-9-21(3,4)19(25)27-22(5,6)20(26)28-23(7,8)24-13-16-10-17(14-24)12-18(11-16)15(24)2/h15-18H,9-14H2,1-8H3. The van der Waals surface area contributed by atoms with Crippen molar-refractivity contribution in [3.05, 3.63) is 0 Å². The molecule has 4 heteroatoms. The zero-order chi connectivity index (χ0) is 21.1. The Kier molecular flexibility index (Phi) is 5.21. The van der Waals surface area contributed by atoms with Gasteiger partial charge in [-0.05, 0) is 104 Å². The van der Waals surface area contributed by atoms with E-state index in [-0.39, 0.29) is 11.4 Å². The van der Waals surface area contributed by atoms with Crippen molar-refractivity contribution in [1.82, 2.24) is 0 Å². The summed E-state index contributed by atoms with van der Waals surface area (Å²) in [6.45, 7) is 15.5. The average molecular weight is 393 g/mol. The molecule has 0 spiro atoms.